The summed E-state index contributed by atoms with van der Waals surface area (Å²) in [6.45, 7) is 3.60. The monoisotopic (exact) mass is 228 g/mol. The maximum absolute atomic E-state index is 12.8. The zero-order chi connectivity index (χ0) is 11.3. The van der Waals surface area contributed by atoms with E-state index in [-0.39, 0.29) is 5.02 Å². The third kappa shape index (κ3) is 3.65. The molecule has 0 spiro atoms. The molecule has 0 saturated heterocycles. The Balaban J connectivity index is 2.61. The molecule has 3 heteroatoms. The summed E-state index contributed by atoms with van der Waals surface area (Å²) in [5.41, 5.74) is 0.658. The molecular formula is C12H14ClFO. The van der Waals surface area contributed by atoms with Crippen LogP contribution in [0.2, 0.25) is 5.02 Å². The summed E-state index contributed by atoms with van der Waals surface area (Å²) in [6.07, 6.45) is 3.59. The molecule has 0 heterocycles. The Kier molecular flexibility index (Phi) is 4.79. The zero-order valence-electron chi connectivity index (χ0n) is 8.42. The van der Waals surface area contributed by atoms with Crippen molar-refractivity contribution in [1.82, 2.24) is 0 Å². The topological polar surface area (TPSA) is 20.2 Å². The molecule has 15 heavy (non-hydrogen) atoms. The van der Waals surface area contributed by atoms with Gasteiger partial charge in [0.2, 0.25) is 0 Å². The van der Waals surface area contributed by atoms with Gasteiger partial charge in [0.15, 0.2) is 0 Å². The number of benzene rings is 1. The van der Waals surface area contributed by atoms with Gasteiger partial charge in [-0.15, -0.1) is 6.58 Å². The summed E-state index contributed by atoms with van der Waals surface area (Å²) in [5.74, 6) is -0.460. The normalized spacial score (nSPS) is 12.5. The van der Waals surface area contributed by atoms with Gasteiger partial charge in [-0.2, -0.15) is 0 Å². The third-order valence-corrected chi connectivity index (χ3v) is 2.50. The molecule has 1 rings (SSSR count). The zero-order valence-corrected chi connectivity index (χ0v) is 9.17. The van der Waals surface area contributed by atoms with Gasteiger partial charge in [-0.3, -0.25) is 0 Å². The van der Waals surface area contributed by atoms with Crippen molar-refractivity contribution in [3.8, 4) is 0 Å². The van der Waals surface area contributed by atoms with Crippen molar-refractivity contribution >= 4 is 11.6 Å². The van der Waals surface area contributed by atoms with Gasteiger partial charge in [0.1, 0.15) is 5.82 Å². The highest BCUT2D eigenvalue weighted by atomic mass is 35.5. The molecule has 0 bridgehead atoms. The average Bonchev–Trinajstić information content (AvgIpc) is 2.22. The first-order valence-corrected chi connectivity index (χ1v) is 5.27. The van der Waals surface area contributed by atoms with Crippen molar-refractivity contribution in [2.45, 2.75) is 25.4 Å². The number of halogens is 2. The van der Waals surface area contributed by atoms with Gasteiger partial charge in [0, 0.05) is 0 Å². The summed E-state index contributed by atoms with van der Waals surface area (Å²) in [7, 11) is 0. The van der Waals surface area contributed by atoms with Crippen LogP contribution in [0.5, 0.6) is 0 Å². The highest BCUT2D eigenvalue weighted by Gasteiger charge is 2.09. The highest BCUT2D eigenvalue weighted by Crippen LogP contribution is 2.24. The molecule has 0 amide bonds. The van der Waals surface area contributed by atoms with Crippen LogP contribution in [0.25, 0.3) is 0 Å². The Morgan fingerprint density at radius 3 is 2.87 bits per heavy atom. The fourth-order valence-electron chi connectivity index (χ4n) is 1.34. The second-order valence-electron chi connectivity index (χ2n) is 3.41. The van der Waals surface area contributed by atoms with Crippen LogP contribution in [0.3, 0.4) is 0 Å². The van der Waals surface area contributed by atoms with Crippen LogP contribution in [0.15, 0.2) is 30.9 Å². The summed E-state index contributed by atoms with van der Waals surface area (Å²) in [6, 6.07) is 4.30. The van der Waals surface area contributed by atoms with Gasteiger partial charge < -0.3 is 5.11 Å². The predicted molar refractivity (Wildman–Crippen MR) is 60.4 cm³/mol. The SMILES string of the molecule is C=CCCCC(O)c1ccc(F)c(Cl)c1. The van der Waals surface area contributed by atoms with E-state index in [1.54, 1.807) is 6.07 Å². The number of aliphatic hydroxyl groups excluding tert-OH is 1. The van der Waals surface area contributed by atoms with E-state index < -0.39 is 11.9 Å². The standard InChI is InChI=1S/C12H14ClFO/c1-2-3-4-5-12(15)9-6-7-11(14)10(13)8-9/h2,6-8,12,15H,1,3-5H2. The summed E-state index contributed by atoms with van der Waals surface area (Å²) >= 11 is 5.62. The first-order chi connectivity index (χ1) is 7.15. The van der Waals surface area contributed by atoms with E-state index in [9.17, 15) is 9.50 Å². The molecule has 1 atom stereocenters. The minimum atomic E-state index is -0.581. The van der Waals surface area contributed by atoms with Gasteiger partial charge in [0.25, 0.3) is 0 Å². The average molecular weight is 229 g/mol. The summed E-state index contributed by atoms with van der Waals surface area (Å²) in [4.78, 5) is 0. The number of unbranched alkanes of at least 4 members (excludes halogenated alkanes) is 1. The van der Waals surface area contributed by atoms with Gasteiger partial charge in [-0.1, -0.05) is 23.7 Å². The van der Waals surface area contributed by atoms with E-state index in [2.05, 4.69) is 6.58 Å². The molecule has 0 saturated carbocycles. The Hall–Kier alpha value is -0.860. The van der Waals surface area contributed by atoms with Crippen molar-refractivity contribution in [2.75, 3.05) is 0 Å². The molecule has 1 nitrogen and oxygen atoms in total. The van der Waals surface area contributed by atoms with E-state index in [1.807, 2.05) is 6.08 Å². The number of hydrogen-bond donors (Lipinski definition) is 1. The Morgan fingerprint density at radius 2 is 2.27 bits per heavy atom. The van der Waals surface area contributed by atoms with Gasteiger partial charge in [-0.05, 0) is 37.0 Å². The molecule has 1 aromatic carbocycles. The molecule has 0 fully saturated rings. The van der Waals surface area contributed by atoms with Crippen molar-refractivity contribution in [3.63, 3.8) is 0 Å². The van der Waals surface area contributed by atoms with Crippen LogP contribution in [-0.2, 0) is 0 Å². The molecular weight excluding hydrogens is 215 g/mol. The number of allylic oxidation sites excluding steroid dienone is 1. The second kappa shape index (κ2) is 5.89. The van der Waals surface area contributed by atoms with Crippen molar-refractivity contribution in [2.24, 2.45) is 0 Å². The molecule has 0 radical (unpaired) electrons. The van der Waals surface area contributed by atoms with Crippen LogP contribution in [0, 0.1) is 5.82 Å². The van der Waals surface area contributed by atoms with Gasteiger partial charge in [-0.25, -0.2) is 4.39 Å². The minimum absolute atomic E-state index is 0.0512. The smallest absolute Gasteiger partial charge is 0.141 e. The lowest BCUT2D eigenvalue weighted by Crippen LogP contribution is -1.97. The Labute approximate surface area is 94.2 Å². The first-order valence-electron chi connectivity index (χ1n) is 4.89. The minimum Gasteiger partial charge on any atom is -0.388 e. The number of rotatable bonds is 5. The molecule has 82 valence electrons. The molecule has 1 N–H and O–H groups in total. The lowest BCUT2D eigenvalue weighted by Gasteiger charge is -2.10. The number of aliphatic hydroxyl groups is 1. The van der Waals surface area contributed by atoms with E-state index in [1.165, 1.54) is 12.1 Å². The van der Waals surface area contributed by atoms with Crippen molar-refractivity contribution < 1.29 is 9.50 Å². The predicted octanol–water partition coefficient (Wildman–Crippen LogP) is 3.87. The quantitative estimate of drug-likeness (QED) is 0.599. The maximum Gasteiger partial charge on any atom is 0.141 e. The van der Waals surface area contributed by atoms with Crippen LogP contribution in [0.4, 0.5) is 4.39 Å². The van der Waals surface area contributed by atoms with E-state index in [4.69, 9.17) is 11.6 Å². The van der Waals surface area contributed by atoms with E-state index >= 15 is 0 Å². The molecule has 1 unspecified atom stereocenters. The largest absolute Gasteiger partial charge is 0.388 e. The molecule has 1 aromatic rings. The Morgan fingerprint density at radius 1 is 1.53 bits per heavy atom. The molecule has 0 aromatic heterocycles. The molecule has 0 aliphatic heterocycles. The highest BCUT2D eigenvalue weighted by molar-refractivity contribution is 6.30. The Bertz CT molecular complexity index is 338. The number of hydrogen-bond acceptors (Lipinski definition) is 1. The van der Waals surface area contributed by atoms with E-state index in [0.717, 1.165) is 12.8 Å². The fraction of sp³-hybridized carbons (Fsp3) is 0.333. The van der Waals surface area contributed by atoms with Gasteiger partial charge >= 0.3 is 0 Å². The van der Waals surface area contributed by atoms with Crippen molar-refractivity contribution in [1.29, 1.82) is 0 Å². The maximum atomic E-state index is 12.8. The molecule has 0 aliphatic rings. The summed E-state index contributed by atoms with van der Waals surface area (Å²) < 4.78 is 12.8. The van der Waals surface area contributed by atoms with Crippen LogP contribution in [-0.4, -0.2) is 5.11 Å². The third-order valence-electron chi connectivity index (χ3n) is 2.21. The lowest BCUT2D eigenvalue weighted by molar-refractivity contribution is 0.165. The lowest BCUT2D eigenvalue weighted by atomic mass is 10.0. The molecule has 0 aliphatic carbocycles. The van der Waals surface area contributed by atoms with Crippen molar-refractivity contribution in [3.05, 3.63) is 47.3 Å². The fourth-order valence-corrected chi connectivity index (χ4v) is 1.53. The second-order valence-corrected chi connectivity index (χ2v) is 3.82. The van der Waals surface area contributed by atoms with Crippen LogP contribution in [0.1, 0.15) is 30.9 Å². The van der Waals surface area contributed by atoms with Gasteiger partial charge in [0.05, 0.1) is 11.1 Å². The van der Waals surface area contributed by atoms with Crippen LogP contribution < -0.4 is 0 Å². The summed E-state index contributed by atoms with van der Waals surface area (Å²) in [5, 5.41) is 9.80. The van der Waals surface area contributed by atoms with Crippen LogP contribution >= 0.6 is 11.6 Å². The van der Waals surface area contributed by atoms with E-state index in [0.29, 0.717) is 12.0 Å². The first kappa shape index (κ1) is 12.2.